The van der Waals surface area contributed by atoms with Crippen molar-refractivity contribution in [3.8, 4) is 5.69 Å². The van der Waals surface area contributed by atoms with E-state index >= 15 is 0 Å². The van der Waals surface area contributed by atoms with E-state index in [-0.39, 0.29) is 0 Å². The first-order chi connectivity index (χ1) is 10.4. The van der Waals surface area contributed by atoms with Crippen LogP contribution in [0.2, 0.25) is 0 Å². The molecule has 0 atom stereocenters. The van der Waals surface area contributed by atoms with Gasteiger partial charge in [0.1, 0.15) is 0 Å². The number of hydrogen-bond acceptors (Lipinski definition) is 1. The van der Waals surface area contributed by atoms with Gasteiger partial charge in [-0.05, 0) is 48.9 Å². The molecule has 0 unspecified atom stereocenters. The summed E-state index contributed by atoms with van der Waals surface area (Å²) in [6.07, 6.45) is 7.43. The van der Waals surface area contributed by atoms with Gasteiger partial charge in [-0.15, -0.1) is 0 Å². The van der Waals surface area contributed by atoms with E-state index in [1.165, 1.54) is 11.4 Å². The van der Waals surface area contributed by atoms with Crippen molar-refractivity contribution in [2.24, 2.45) is 0 Å². The molecule has 0 aliphatic heterocycles. The number of anilines is 1. The van der Waals surface area contributed by atoms with Crippen molar-refractivity contribution in [3.05, 3.63) is 72.8 Å². The standard InChI is InChI=1S/C18H21N3/c1-2-10-20-13-6-9-18(20)15-19-16-7-5-8-17(14-16)21-11-3-4-12-21/h3-9,11-14,19H,2,10,15H2,1H3. The lowest BCUT2D eigenvalue weighted by molar-refractivity contribution is 0.654. The molecule has 1 N–H and O–H groups in total. The lowest BCUT2D eigenvalue weighted by Crippen LogP contribution is -2.07. The third-order valence-electron chi connectivity index (χ3n) is 3.61. The molecule has 0 bridgehead atoms. The fourth-order valence-corrected chi connectivity index (χ4v) is 2.54. The lowest BCUT2D eigenvalue weighted by Gasteiger charge is -2.11. The minimum Gasteiger partial charge on any atom is -0.379 e. The Morgan fingerprint density at radius 3 is 2.62 bits per heavy atom. The van der Waals surface area contributed by atoms with Gasteiger partial charge in [0.2, 0.25) is 0 Å². The summed E-state index contributed by atoms with van der Waals surface area (Å²) >= 11 is 0. The molecule has 2 aromatic heterocycles. The van der Waals surface area contributed by atoms with Crippen molar-refractivity contribution in [1.29, 1.82) is 0 Å². The number of aromatic nitrogens is 2. The predicted molar refractivity (Wildman–Crippen MR) is 87.8 cm³/mol. The molecule has 0 aliphatic carbocycles. The third-order valence-corrected chi connectivity index (χ3v) is 3.61. The maximum Gasteiger partial charge on any atom is 0.0553 e. The van der Waals surface area contributed by atoms with Crippen molar-refractivity contribution in [2.45, 2.75) is 26.4 Å². The molecule has 1 aromatic carbocycles. The molecule has 108 valence electrons. The molecule has 0 saturated carbocycles. The summed E-state index contributed by atoms with van der Waals surface area (Å²) in [4.78, 5) is 0. The van der Waals surface area contributed by atoms with Crippen LogP contribution in [0, 0.1) is 0 Å². The molecule has 3 aromatic rings. The van der Waals surface area contributed by atoms with Crippen LogP contribution in [0.25, 0.3) is 5.69 Å². The average Bonchev–Trinajstić information content (AvgIpc) is 3.18. The third kappa shape index (κ3) is 3.19. The van der Waals surface area contributed by atoms with E-state index in [4.69, 9.17) is 0 Å². The van der Waals surface area contributed by atoms with E-state index in [0.717, 1.165) is 25.2 Å². The first-order valence-electron chi connectivity index (χ1n) is 7.48. The van der Waals surface area contributed by atoms with E-state index in [1.807, 2.05) is 12.1 Å². The topological polar surface area (TPSA) is 21.9 Å². The van der Waals surface area contributed by atoms with Crippen molar-refractivity contribution < 1.29 is 0 Å². The van der Waals surface area contributed by atoms with E-state index < -0.39 is 0 Å². The van der Waals surface area contributed by atoms with Gasteiger partial charge in [-0.2, -0.15) is 0 Å². The van der Waals surface area contributed by atoms with Crippen molar-refractivity contribution in [1.82, 2.24) is 9.13 Å². The number of hydrogen-bond donors (Lipinski definition) is 1. The Bertz CT molecular complexity index is 680. The molecule has 21 heavy (non-hydrogen) atoms. The Hall–Kier alpha value is -2.42. The Morgan fingerprint density at radius 2 is 1.81 bits per heavy atom. The SMILES string of the molecule is CCCn1cccc1CNc1cccc(-n2cccc2)c1. The zero-order chi connectivity index (χ0) is 14.5. The maximum atomic E-state index is 3.51. The van der Waals surface area contributed by atoms with Crippen LogP contribution in [0.4, 0.5) is 5.69 Å². The van der Waals surface area contributed by atoms with E-state index in [9.17, 15) is 0 Å². The van der Waals surface area contributed by atoms with Crippen LogP contribution >= 0.6 is 0 Å². The van der Waals surface area contributed by atoms with Crippen LogP contribution in [0.3, 0.4) is 0 Å². The molecule has 0 fully saturated rings. The van der Waals surface area contributed by atoms with Crippen LogP contribution in [0.15, 0.2) is 67.1 Å². The van der Waals surface area contributed by atoms with E-state index in [0.29, 0.717) is 0 Å². The molecule has 3 nitrogen and oxygen atoms in total. The molecule has 0 aliphatic rings. The monoisotopic (exact) mass is 279 g/mol. The van der Waals surface area contributed by atoms with Gasteiger partial charge in [-0.1, -0.05) is 13.0 Å². The summed E-state index contributed by atoms with van der Waals surface area (Å²) in [5, 5.41) is 3.51. The largest absolute Gasteiger partial charge is 0.379 e. The molecule has 0 amide bonds. The lowest BCUT2D eigenvalue weighted by atomic mass is 10.2. The highest BCUT2D eigenvalue weighted by molar-refractivity contribution is 5.51. The first kappa shape index (κ1) is 13.6. The Labute approximate surface area is 125 Å². The van der Waals surface area contributed by atoms with Gasteiger partial charge in [-0.3, -0.25) is 0 Å². The quantitative estimate of drug-likeness (QED) is 0.714. The predicted octanol–water partition coefficient (Wildman–Crippen LogP) is 4.30. The fraction of sp³-hybridized carbons (Fsp3) is 0.222. The van der Waals surface area contributed by atoms with Gasteiger partial charge in [0, 0.05) is 42.2 Å². The van der Waals surface area contributed by atoms with Crippen molar-refractivity contribution >= 4 is 5.69 Å². The zero-order valence-electron chi connectivity index (χ0n) is 12.4. The summed E-state index contributed by atoms with van der Waals surface area (Å²) in [6, 6.07) is 16.9. The highest BCUT2D eigenvalue weighted by Crippen LogP contribution is 2.16. The van der Waals surface area contributed by atoms with E-state index in [2.05, 4.69) is 76.4 Å². The first-order valence-corrected chi connectivity index (χ1v) is 7.48. The van der Waals surface area contributed by atoms with Crippen molar-refractivity contribution in [2.75, 3.05) is 5.32 Å². The number of rotatable bonds is 6. The van der Waals surface area contributed by atoms with E-state index in [1.54, 1.807) is 0 Å². The summed E-state index contributed by atoms with van der Waals surface area (Å²) in [6.45, 7) is 4.13. The van der Waals surface area contributed by atoms with Gasteiger partial charge in [0.05, 0.1) is 6.54 Å². The molecule has 3 heteroatoms. The molecule has 0 saturated heterocycles. The Balaban J connectivity index is 1.71. The summed E-state index contributed by atoms with van der Waals surface area (Å²) < 4.78 is 4.42. The van der Waals surface area contributed by atoms with Gasteiger partial charge >= 0.3 is 0 Å². The molecule has 0 spiro atoms. The normalized spacial score (nSPS) is 10.7. The minimum atomic E-state index is 0.849. The maximum absolute atomic E-state index is 3.51. The number of aryl methyl sites for hydroxylation is 1. The fourth-order valence-electron chi connectivity index (χ4n) is 2.54. The van der Waals surface area contributed by atoms with Gasteiger partial charge in [-0.25, -0.2) is 0 Å². The van der Waals surface area contributed by atoms with Gasteiger partial charge in [0.15, 0.2) is 0 Å². The van der Waals surface area contributed by atoms with Crippen LogP contribution in [-0.4, -0.2) is 9.13 Å². The van der Waals surface area contributed by atoms with Gasteiger partial charge < -0.3 is 14.5 Å². The number of nitrogens with zero attached hydrogens (tertiary/aromatic N) is 2. The Kier molecular flexibility index (Phi) is 4.10. The van der Waals surface area contributed by atoms with Crippen molar-refractivity contribution in [3.63, 3.8) is 0 Å². The summed E-state index contributed by atoms with van der Waals surface area (Å²) in [5.74, 6) is 0. The second-order valence-corrected chi connectivity index (χ2v) is 5.19. The van der Waals surface area contributed by atoms with Crippen LogP contribution in [0.1, 0.15) is 19.0 Å². The second kappa shape index (κ2) is 6.35. The average molecular weight is 279 g/mol. The highest BCUT2D eigenvalue weighted by Gasteiger charge is 2.01. The number of nitrogens with one attached hydrogen (secondary N) is 1. The molecule has 0 radical (unpaired) electrons. The summed E-state index contributed by atoms with van der Waals surface area (Å²) in [7, 11) is 0. The molecule has 3 rings (SSSR count). The second-order valence-electron chi connectivity index (χ2n) is 5.19. The van der Waals surface area contributed by atoms with Crippen LogP contribution in [-0.2, 0) is 13.1 Å². The summed E-state index contributed by atoms with van der Waals surface area (Å²) in [5.41, 5.74) is 3.64. The molecular formula is C18H21N3. The Morgan fingerprint density at radius 1 is 0.952 bits per heavy atom. The highest BCUT2D eigenvalue weighted by atomic mass is 15.0. The molecule has 2 heterocycles. The molecular weight excluding hydrogens is 258 g/mol. The zero-order valence-corrected chi connectivity index (χ0v) is 12.4. The minimum absolute atomic E-state index is 0.849. The smallest absolute Gasteiger partial charge is 0.0553 e. The van der Waals surface area contributed by atoms with Gasteiger partial charge in [0.25, 0.3) is 0 Å². The number of benzene rings is 1. The van der Waals surface area contributed by atoms with Crippen LogP contribution in [0.5, 0.6) is 0 Å². The van der Waals surface area contributed by atoms with Crippen LogP contribution < -0.4 is 5.32 Å².